The van der Waals surface area contributed by atoms with Gasteiger partial charge in [-0.2, -0.15) is 5.10 Å². The normalized spacial score (nSPS) is 21.2. The minimum Gasteiger partial charge on any atom is -0.481 e. The van der Waals surface area contributed by atoms with Crippen LogP contribution in [0.25, 0.3) is 0 Å². The van der Waals surface area contributed by atoms with E-state index in [-0.39, 0.29) is 5.92 Å². The summed E-state index contributed by atoms with van der Waals surface area (Å²) in [5, 5.41) is 13.0. The minimum absolute atomic E-state index is 0.336. The predicted octanol–water partition coefficient (Wildman–Crippen LogP) is 0.925. The van der Waals surface area contributed by atoms with E-state index < -0.39 is 5.97 Å². The van der Waals surface area contributed by atoms with Crippen LogP contribution in [0.15, 0.2) is 6.20 Å². The zero-order valence-electron chi connectivity index (χ0n) is 7.53. The molecule has 0 fully saturated rings. The van der Waals surface area contributed by atoms with Crippen LogP contribution in [0.5, 0.6) is 0 Å². The number of aromatic nitrogens is 2. The van der Waals surface area contributed by atoms with Crippen molar-refractivity contribution in [2.45, 2.75) is 25.2 Å². The molecule has 1 aromatic heterocycles. The molecule has 13 heavy (non-hydrogen) atoms. The lowest BCUT2D eigenvalue weighted by Gasteiger charge is -2.18. The molecule has 1 N–H and O–H groups in total. The summed E-state index contributed by atoms with van der Waals surface area (Å²) >= 11 is 0. The Bertz CT molecular complexity index is 343. The SMILES string of the molecule is Cn1ncc2c1CCC[C@H]2C(=O)O. The molecule has 1 atom stereocenters. The van der Waals surface area contributed by atoms with Crippen LogP contribution in [-0.4, -0.2) is 20.9 Å². The second-order valence-corrected chi connectivity index (χ2v) is 3.45. The Balaban J connectivity index is 2.43. The molecule has 0 aromatic carbocycles. The van der Waals surface area contributed by atoms with E-state index in [1.54, 1.807) is 10.9 Å². The Morgan fingerprint density at radius 1 is 1.77 bits per heavy atom. The highest BCUT2D eigenvalue weighted by atomic mass is 16.4. The van der Waals surface area contributed by atoms with Crippen LogP contribution in [0.1, 0.15) is 30.0 Å². The number of carboxylic acid groups (broad SMARTS) is 1. The fourth-order valence-corrected chi connectivity index (χ4v) is 1.96. The molecule has 4 nitrogen and oxygen atoms in total. The molecule has 2 rings (SSSR count). The number of carboxylic acids is 1. The summed E-state index contributed by atoms with van der Waals surface area (Å²) in [7, 11) is 1.86. The van der Waals surface area contributed by atoms with E-state index in [9.17, 15) is 4.79 Å². The van der Waals surface area contributed by atoms with Crippen LogP contribution in [0.3, 0.4) is 0 Å². The fraction of sp³-hybridized carbons (Fsp3) is 0.556. The van der Waals surface area contributed by atoms with Gasteiger partial charge in [0.1, 0.15) is 0 Å². The number of nitrogens with zero attached hydrogens (tertiary/aromatic N) is 2. The Morgan fingerprint density at radius 3 is 3.23 bits per heavy atom. The summed E-state index contributed by atoms with van der Waals surface area (Å²) in [5.41, 5.74) is 1.99. The van der Waals surface area contributed by atoms with Crippen molar-refractivity contribution in [3.05, 3.63) is 17.5 Å². The van der Waals surface area contributed by atoms with Crippen molar-refractivity contribution < 1.29 is 9.90 Å². The highest BCUT2D eigenvalue weighted by Crippen LogP contribution is 2.30. The summed E-state index contributed by atoms with van der Waals surface area (Å²) < 4.78 is 1.78. The molecule has 0 amide bonds. The maximum Gasteiger partial charge on any atom is 0.311 e. The van der Waals surface area contributed by atoms with Gasteiger partial charge in [0.15, 0.2) is 0 Å². The smallest absolute Gasteiger partial charge is 0.311 e. The summed E-state index contributed by atoms with van der Waals surface area (Å²) in [4.78, 5) is 10.9. The molecule has 0 spiro atoms. The Kier molecular flexibility index (Phi) is 1.83. The summed E-state index contributed by atoms with van der Waals surface area (Å²) in [5.74, 6) is -1.06. The summed E-state index contributed by atoms with van der Waals surface area (Å²) in [6.45, 7) is 0. The molecule has 1 aliphatic rings. The van der Waals surface area contributed by atoms with Gasteiger partial charge in [0, 0.05) is 18.3 Å². The number of fused-ring (bicyclic) bond motifs is 1. The van der Waals surface area contributed by atoms with Crippen molar-refractivity contribution in [3.63, 3.8) is 0 Å². The number of carbonyl (C=O) groups is 1. The molecular weight excluding hydrogens is 168 g/mol. The first kappa shape index (κ1) is 8.29. The standard InChI is InChI=1S/C9H12N2O2/c1-11-8-4-2-3-6(9(12)13)7(8)5-10-11/h5-6H,2-4H2,1H3,(H,12,13)/t6-/m1/s1. The highest BCUT2D eigenvalue weighted by Gasteiger charge is 2.28. The summed E-state index contributed by atoms with van der Waals surface area (Å²) in [6, 6.07) is 0. The van der Waals surface area contributed by atoms with Gasteiger partial charge in [-0.3, -0.25) is 9.48 Å². The molecule has 1 aliphatic carbocycles. The van der Waals surface area contributed by atoms with E-state index in [0.29, 0.717) is 0 Å². The van der Waals surface area contributed by atoms with Crippen molar-refractivity contribution in [3.8, 4) is 0 Å². The van der Waals surface area contributed by atoms with Gasteiger partial charge in [-0.25, -0.2) is 0 Å². The van der Waals surface area contributed by atoms with Gasteiger partial charge in [0.2, 0.25) is 0 Å². The van der Waals surface area contributed by atoms with Crippen LogP contribution in [-0.2, 0) is 18.3 Å². The second-order valence-electron chi connectivity index (χ2n) is 3.45. The second kappa shape index (κ2) is 2.87. The van der Waals surface area contributed by atoms with Crippen molar-refractivity contribution >= 4 is 5.97 Å². The van der Waals surface area contributed by atoms with Crippen molar-refractivity contribution in [2.24, 2.45) is 7.05 Å². The first-order valence-electron chi connectivity index (χ1n) is 4.43. The van der Waals surface area contributed by atoms with Gasteiger partial charge < -0.3 is 5.11 Å². The molecule has 0 radical (unpaired) electrons. The van der Waals surface area contributed by atoms with Crippen molar-refractivity contribution in [2.75, 3.05) is 0 Å². The first-order chi connectivity index (χ1) is 6.20. The quantitative estimate of drug-likeness (QED) is 0.699. The van der Waals surface area contributed by atoms with Crippen molar-refractivity contribution in [1.29, 1.82) is 0 Å². The largest absolute Gasteiger partial charge is 0.481 e. The zero-order chi connectivity index (χ0) is 9.42. The number of hydrogen-bond acceptors (Lipinski definition) is 2. The molecular formula is C9H12N2O2. The van der Waals surface area contributed by atoms with Gasteiger partial charge in [-0.05, 0) is 19.3 Å². The molecule has 0 unspecified atom stereocenters. The van der Waals surface area contributed by atoms with Gasteiger partial charge in [-0.1, -0.05) is 0 Å². The summed E-state index contributed by atoms with van der Waals surface area (Å²) in [6.07, 6.45) is 4.33. The number of aliphatic carboxylic acids is 1. The first-order valence-corrected chi connectivity index (χ1v) is 4.43. The molecule has 0 bridgehead atoms. The van der Waals surface area contributed by atoms with Gasteiger partial charge in [0.25, 0.3) is 0 Å². The topological polar surface area (TPSA) is 55.1 Å². The maximum atomic E-state index is 10.9. The van der Waals surface area contributed by atoms with E-state index in [0.717, 1.165) is 30.5 Å². The lowest BCUT2D eigenvalue weighted by atomic mass is 9.87. The van der Waals surface area contributed by atoms with E-state index >= 15 is 0 Å². The molecule has 0 aliphatic heterocycles. The molecule has 0 saturated heterocycles. The highest BCUT2D eigenvalue weighted by molar-refractivity contribution is 5.76. The van der Waals surface area contributed by atoms with Crippen LogP contribution in [0.2, 0.25) is 0 Å². The Labute approximate surface area is 76.2 Å². The Morgan fingerprint density at radius 2 is 2.54 bits per heavy atom. The van der Waals surface area contributed by atoms with E-state index in [1.165, 1.54) is 0 Å². The maximum absolute atomic E-state index is 10.9. The molecule has 0 saturated carbocycles. The number of aryl methyl sites for hydroxylation is 1. The average Bonchev–Trinajstić information content (AvgIpc) is 2.48. The van der Waals surface area contributed by atoms with Crippen LogP contribution >= 0.6 is 0 Å². The monoisotopic (exact) mass is 180 g/mol. The third kappa shape index (κ3) is 1.22. The Hall–Kier alpha value is -1.32. The number of hydrogen-bond donors (Lipinski definition) is 1. The van der Waals surface area contributed by atoms with Crippen LogP contribution < -0.4 is 0 Å². The molecule has 70 valence electrons. The van der Waals surface area contributed by atoms with E-state index in [4.69, 9.17) is 5.11 Å². The molecule has 1 heterocycles. The van der Waals surface area contributed by atoms with Gasteiger partial charge in [0.05, 0.1) is 12.1 Å². The lowest BCUT2D eigenvalue weighted by molar-refractivity contribution is -0.139. The van der Waals surface area contributed by atoms with Crippen LogP contribution in [0.4, 0.5) is 0 Å². The zero-order valence-corrected chi connectivity index (χ0v) is 7.53. The predicted molar refractivity (Wildman–Crippen MR) is 46.5 cm³/mol. The van der Waals surface area contributed by atoms with E-state index in [1.807, 2.05) is 7.05 Å². The average molecular weight is 180 g/mol. The molecule has 1 aromatic rings. The van der Waals surface area contributed by atoms with Crippen LogP contribution in [0, 0.1) is 0 Å². The number of rotatable bonds is 1. The third-order valence-electron chi connectivity index (χ3n) is 2.67. The van der Waals surface area contributed by atoms with Gasteiger partial charge >= 0.3 is 5.97 Å². The molecule has 4 heteroatoms. The minimum atomic E-state index is -0.728. The van der Waals surface area contributed by atoms with E-state index in [2.05, 4.69) is 5.10 Å². The fourth-order valence-electron chi connectivity index (χ4n) is 1.96. The van der Waals surface area contributed by atoms with Crippen molar-refractivity contribution in [1.82, 2.24) is 9.78 Å². The third-order valence-corrected chi connectivity index (χ3v) is 2.67. The lowest BCUT2D eigenvalue weighted by Crippen LogP contribution is -2.18. The van der Waals surface area contributed by atoms with Gasteiger partial charge in [-0.15, -0.1) is 0 Å².